The van der Waals surface area contributed by atoms with Gasteiger partial charge in [0.25, 0.3) is 5.91 Å². The van der Waals surface area contributed by atoms with Crippen molar-refractivity contribution in [2.75, 3.05) is 18.9 Å². The smallest absolute Gasteiger partial charge is 0.251 e. The van der Waals surface area contributed by atoms with Crippen LogP contribution < -0.4 is 16.0 Å². The standard InChI is InChI=1S/C15H21N3O3/c1-11(19)18-13-8-6-12(7-9-13)15(21)17-10-4-3-5-14(20)16-2/h6-9H,3-5,10H2,1-2H3,(H,16,20)(H,17,21)(H,18,19). The van der Waals surface area contributed by atoms with Gasteiger partial charge in [0.15, 0.2) is 0 Å². The van der Waals surface area contributed by atoms with Gasteiger partial charge >= 0.3 is 0 Å². The number of carbonyl (C=O) groups is 3. The van der Waals surface area contributed by atoms with Crippen molar-refractivity contribution >= 4 is 23.4 Å². The molecule has 21 heavy (non-hydrogen) atoms. The van der Waals surface area contributed by atoms with Crippen molar-refractivity contribution < 1.29 is 14.4 Å². The lowest BCUT2D eigenvalue weighted by Gasteiger charge is -2.06. The van der Waals surface area contributed by atoms with Crippen LogP contribution in [0.25, 0.3) is 0 Å². The van der Waals surface area contributed by atoms with Crippen LogP contribution in [0.5, 0.6) is 0 Å². The Labute approximate surface area is 124 Å². The third kappa shape index (κ3) is 6.56. The predicted octanol–water partition coefficient (Wildman–Crippen LogP) is 1.29. The van der Waals surface area contributed by atoms with Crippen molar-refractivity contribution in [2.45, 2.75) is 26.2 Å². The first-order chi connectivity index (χ1) is 10.0. The lowest BCUT2D eigenvalue weighted by atomic mass is 10.2. The lowest BCUT2D eigenvalue weighted by Crippen LogP contribution is -2.25. The molecule has 6 heteroatoms. The zero-order chi connectivity index (χ0) is 15.7. The Morgan fingerprint density at radius 1 is 1.05 bits per heavy atom. The number of nitrogens with one attached hydrogen (secondary N) is 3. The number of carbonyl (C=O) groups excluding carboxylic acids is 3. The fraction of sp³-hybridized carbons (Fsp3) is 0.400. The molecule has 1 aromatic carbocycles. The molecular formula is C15H21N3O3. The number of amides is 3. The van der Waals surface area contributed by atoms with Crippen LogP contribution in [0, 0.1) is 0 Å². The Balaban J connectivity index is 2.32. The zero-order valence-corrected chi connectivity index (χ0v) is 12.4. The molecule has 0 aliphatic heterocycles. The minimum absolute atomic E-state index is 0.00915. The summed E-state index contributed by atoms with van der Waals surface area (Å²) in [5.41, 5.74) is 1.19. The molecule has 0 aliphatic carbocycles. The highest BCUT2D eigenvalue weighted by Crippen LogP contribution is 2.09. The number of hydrogen-bond acceptors (Lipinski definition) is 3. The van der Waals surface area contributed by atoms with Crippen LogP contribution >= 0.6 is 0 Å². The molecule has 0 atom stereocenters. The van der Waals surface area contributed by atoms with E-state index >= 15 is 0 Å². The highest BCUT2D eigenvalue weighted by atomic mass is 16.2. The Morgan fingerprint density at radius 3 is 2.29 bits per heavy atom. The van der Waals surface area contributed by atoms with E-state index < -0.39 is 0 Å². The lowest BCUT2D eigenvalue weighted by molar-refractivity contribution is -0.120. The van der Waals surface area contributed by atoms with Crippen molar-refractivity contribution in [1.29, 1.82) is 0 Å². The molecule has 0 bridgehead atoms. The number of rotatable bonds is 7. The van der Waals surface area contributed by atoms with E-state index in [-0.39, 0.29) is 17.7 Å². The SMILES string of the molecule is CNC(=O)CCCCNC(=O)c1ccc(NC(C)=O)cc1. The molecule has 1 rings (SSSR count). The summed E-state index contributed by atoms with van der Waals surface area (Å²) in [5, 5.41) is 7.98. The van der Waals surface area contributed by atoms with Gasteiger partial charge in [-0.25, -0.2) is 0 Å². The van der Waals surface area contributed by atoms with Gasteiger partial charge in [0.1, 0.15) is 0 Å². The molecule has 0 aliphatic rings. The van der Waals surface area contributed by atoms with Gasteiger partial charge < -0.3 is 16.0 Å². The number of benzene rings is 1. The second-order valence-electron chi connectivity index (χ2n) is 4.64. The predicted molar refractivity (Wildman–Crippen MR) is 81.0 cm³/mol. The average molecular weight is 291 g/mol. The van der Waals surface area contributed by atoms with Crippen molar-refractivity contribution in [3.63, 3.8) is 0 Å². The van der Waals surface area contributed by atoms with Gasteiger partial charge in [-0.15, -0.1) is 0 Å². The maximum Gasteiger partial charge on any atom is 0.251 e. The highest BCUT2D eigenvalue weighted by molar-refractivity contribution is 5.95. The largest absolute Gasteiger partial charge is 0.359 e. The third-order valence-electron chi connectivity index (χ3n) is 2.86. The second kappa shape index (κ2) is 8.73. The van der Waals surface area contributed by atoms with Gasteiger partial charge in [-0.05, 0) is 37.1 Å². The summed E-state index contributed by atoms with van der Waals surface area (Å²) in [6.07, 6.45) is 1.96. The molecule has 6 nitrogen and oxygen atoms in total. The normalized spacial score (nSPS) is 9.81. The average Bonchev–Trinajstić information content (AvgIpc) is 2.46. The first kappa shape index (κ1) is 16.7. The molecule has 0 unspecified atom stereocenters. The van der Waals surface area contributed by atoms with Crippen molar-refractivity contribution in [1.82, 2.24) is 10.6 Å². The molecule has 1 aromatic rings. The molecule has 0 fully saturated rings. The summed E-state index contributed by atoms with van der Waals surface area (Å²) < 4.78 is 0. The number of hydrogen-bond donors (Lipinski definition) is 3. The van der Waals surface area contributed by atoms with Gasteiger partial charge in [0, 0.05) is 38.2 Å². The fourth-order valence-corrected chi connectivity index (χ4v) is 1.75. The molecule has 0 heterocycles. The van der Waals surface area contributed by atoms with Crippen LogP contribution in [-0.2, 0) is 9.59 Å². The van der Waals surface area contributed by atoms with Crippen LogP contribution in [0.2, 0.25) is 0 Å². The van der Waals surface area contributed by atoms with Crippen molar-refractivity contribution in [3.8, 4) is 0 Å². The molecule has 3 amide bonds. The maximum atomic E-state index is 11.9. The van der Waals surface area contributed by atoms with Crippen LogP contribution in [0.3, 0.4) is 0 Å². The van der Waals surface area contributed by atoms with E-state index in [0.29, 0.717) is 24.2 Å². The molecule has 0 spiro atoms. The van der Waals surface area contributed by atoms with Crippen molar-refractivity contribution in [2.24, 2.45) is 0 Å². The molecule has 3 N–H and O–H groups in total. The van der Waals surface area contributed by atoms with Crippen molar-refractivity contribution in [3.05, 3.63) is 29.8 Å². The summed E-state index contributed by atoms with van der Waals surface area (Å²) in [7, 11) is 1.61. The molecule has 0 saturated heterocycles. The highest BCUT2D eigenvalue weighted by Gasteiger charge is 2.05. The molecule has 0 aromatic heterocycles. The fourth-order valence-electron chi connectivity index (χ4n) is 1.75. The Morgan fingerprint density at radius 2 is 1.71 bits per heavy atom. The number of unbranched alkanes of at least 4 members (excludes halogenated alkanes) is 1. The van der Waals surface area contributed by atoms with Crippen LogP contribution in [0.15, 0.2) is 24.3 Å². The van der Waals surface area contributed by atoms with Crippen LogP contribution in [-0.4, -0.2) is 31.3 Å². The van der Waals surface area contributed by atoms with E-state index in [2.05, 4.69) is 16.0 Å². The Hall–Kier alpha value is -2.37. The topological polar surface area (TPSA) is 87.3 Å². The summed E-state index contributed by atoms with van der Waals surface area (Å²) in [6.45, 7) is 1.96. The Kier molecular flexibility index (Phi) is 6.94. The van der Waals surface area contributed by atoms with Gasteiger partial charge in [0.05, 0.1) is 0 Å². The second-order valence-corrected chi connectivity index (χ2v) is 4.64. The van der Waals surface area contributed by atoms with E-state index in [1.165, 1.54) is 6.92 Å². The minimum atomic E-state index is -0.163. The van der Waals surface area contributed by atoms with E-state index in [1.807, 2.05) is 0 Å². The van der Waals surface area contributed by atoms with E-state index in [9.17, 15) is 14.4 Å². The number of anilines is 1. The van der Waals surface area contributed by atoms with E-state index in [0.717, 1.165) is 12.8 Å². The molecule has 114 valence electrons. The first-order valence-electron chi connectivity index (χ1n) is 6.89. The third-order valence-corrected chi connectivity index (χ3v) is 2.86. The zero-order valence-electron chi connectivity index (χ0n) is 12.4. The molecule has 0 radical (unpaired) electrons. The van der Waals surface area contributed by atoms with Gasteiger partial charge in [-0.3, -0.25) is 14.4 Å². The molecule has 0 saturated carbocycles. The summed E-state index contributed by atoms with van der Waals surface area (Å²) in [6, 6.07) is 6.68. The van der Waals surface area contributed by atoms with E-state index in [1.54, 1.807) is 31.3 Å². The van der Waals surface area contributed by atoms with Gasteiger partial charge in [0.2, 0.25) is 11.8 Å². The van der Waals surface area contributed by atoms with Crippen LogP contribution in [0.1, 0.15) is 36.5 Å². The van der Waals surface area contributed by atoms with E-state index in [4.69, 9.17) is 0 Å². The summed E-state index contributed by atoms with van der Waals surface area (Å²) in [4.78, 5) is 33.7. The maximum absolute atomic E-state index is 11.9. The minimum Gasteiger partial charge on any atom is -0.359 e. The molecular weight excluding hydrogens is 270 g/mol. The summed E-state index contributed by atoms with van der Waals surface area (Å²) >= 11 is 0. The van der Waals surface area contributed by atoms with Gasteiger partial charge in [-0.1, -0.05) is 0 Å². The quantitative estimate of drug-likeness (QED) is 0.662. The first-order valence-corrected chi connectivity index (χ1v) is 6.89. The van der Waals surface area contributed by atoms with Gasteiger partial charge in [-0.2, -0.15) is 0 Å². The summed E-state index contributed by atoms with van der Waals surface area (Å²) in [5.74, 6) is -0.303. The Bertz CT molecular complexity index is 497. The van der Waals surface area contributed by atoms with Crippen LogP contribution in [0.4, 0.5) is 5.69 Å². The monoisotopic (exact) mass is 291 g/mol.